The van der Waals surface area contributed by atoms with E-state index in [1.807, 2.05) is 26.1 Å². The summed E-state index contributed by atoms with van der Waals surface area (Å²) in [7, 11) is 6.09. The molecule has 29 heavy (non-hydrogen) atoms. The Labute approximate surface area is 174 Å². The van der Waals surface area contributed by atoms with Crippen LogP contribution in [0.25, 0.3) is 17.2 Å². The quantitative estimate of drug-likeness (QED) is 0.798. The molecule has 0 saturated carbocycles. The molecule has 2 aromatic rings. The highest BCUT2D eigenvalue weighted by molar-refractivity contribution is 5.80. The number of nitrogens with zero attached hydrogens (tertiary/aromatic N) is 2. The van der Waals surface area contributed by atoms with E-state index in [0.717, 1.165) is 47.5 Å². The lowest BCUT2D eigenvalue weighted by Crippen LogP contribution is -2.45. The first-order chi connectivity index (χ1) is 13.8. The zero-order chi connectivity index (χ0) is 21.1. The van der Waals surface area contributed by atoms with Gasteiger partial charge >= 0.3 is 0 Å². The summed E-state index contributed by atoms with van der Waals surface area (Å²) < 4.78 is 14.7. The summed E-state index contributed by atoms with van der Waals surface area (Å²) in [6, 6.07) is 9.96. The zero-order valence-corrected chi connectivity index (χ0v) is 18.2. The van der Waals surface area contributed by atoms with Crippen LogP contribution in [0.2, 0.25) is 0 Å². The molecule has 0 aromatic heterocycles. The van der Waals surface area contributed by atoms with Crippen molar-refractivity contribution in [2.45, 2.75) is 32.7 Å². The molecule has 1 fully saturated rings. The van der Waals surface area contributed by atoms with Gasteiger partial charge in [-0.15, -0.1) is 0 Å². The number of anilines is 1. The first-order valence-corrected chi connectivity index (χ1v) is 10.3. The number of nitrogens with two attached hydrogens (primary N) is 1. The normalized spacial score (nSPS) is 17.7. The number of rotatable bonds is 5. The van der Waals surface area contributed by atoms with Gasteiger partial charge in [0.15, 0.2) is 0 Å². The summed E-state index contributed by atoms with van der Waals surface area (Å²) in [5.41, 5.74) is 11.9. The number of halogens is 1. The van der Waals surface area contributed by atoms with E-state index < -0.39 is 0 Å². The number of hydrogen-bond donors (Lipinski definition) is 2. The Hall–Kier alpha value is -2.53. The van der Waals surface area contributed by atoms with Crippen molar-refractivity contribution in [2.75, 3.05) is 39.1 Å². The van der Waals surface area contributed by atoms with Crippen LogP contribution in [0.3, 0.4) is 0 Å². The Kier molecular flexibility index (Phi) is 6.48. The van der Waals surface area contributed by atoms with Crippen molar-refractivity contribution in [1.82, 2.24) is 10.2 Å². The third-order valence-corrected chi connectivity index (χ3v) is 5.93. The van der Waals surface area contributed by atoms with Gasteiger partial charge in [-0.05, 0) is 75.7 Å². The number of piperidine rings is 1. The molecule has 4 nitrogen and oxygen atoms in total. The third-order valence-electron chi connectivity index (χ3n) is 5.93. The van der Waals surface area contributed by atoms with Gasteiger partial charge in [0.2, 0.25) is 0 Å². The van der Waals surface area contributed by atoms with E-state index in [1.54, 1.807) is 6.07 Å². The SMILES string of the molecule is CN/C(N)=C/c1c(C)cc(-c2c(C)cccc2F)cc1N1CCC[C@H](N(C)C)C1. The lowest BCUT2D eigenvalue weighted by Gasteiger charge is -2.38. The Morgan fingerprint density at radius 3 is 2.66 bits per heavy atom. The highest BCUT2D eigenvalue weighted by atomic mass is 19.1. The van der Waals surface area contributed by atoms with Crippen LogP contribution in [0.15, 0.2) is 36.2 Å². The summed E-state index contributed by atoms with van der Waals surface area (Å²) in [5.74, 6) is 0.434. The molecule has 1 atom stereocenters. The Balaban J connectivity index is 2.16. The van der Waals surface area contributed by atoms with Crippen LogP contribution in [0.4, 0.5) is 10.1 Å². The molecule has 5 heteroatoms. The second-order valence-electron chi connectivity index (χ2n) is 8.21. The lowest BCUT2D eigenvalue weighted by atomic mass is 9.93. The summed E-state index contributed by atoms with van der Waals surface area (Å²) >= 11 is 0. The number of hydrogen-bond acceptors (Lipinski definition) is 4. The molecular weight excluding hydrogens is 363 g/mol. The smallest absolute Gasteiger partial charge is 0.131 e. The molecule has 0 spiro atoms. The van der Waals surface area contributed by atoms with Gasteiger partial charge in [-0.2, -0.15) is 0 Å². The maximum Gasteiger partial charge on any atom is 0.131 e. The standard InChI is InChI=1S/C24H33FN4/c1-16-8-6-10-21(25)24(16)18-12-17(2)20(14-23(26)27-3)22(13-18)29-11-7-9-19(15-29)28(4)5/h6,8,10,12-14,19,27H,7,9,11,15,26H2,1-5H3/b23-14+/t19-/m0/s1. The van der Waals surface area contributed by atoms with Gasteiger partial charge in [0.05, 0.1) is 5.82 Å². The van der Waals surface area contributed by atoms with Gasteiger partial charge in [-0.1, -0.05) is 18.2 Å². The first kappa shape index (κ1) is 21.2. The lowest BCUT2D eigenvalue weighted by molar-refractivity contribution is 0.258. The summed E-state index contributed by atoms with van der Waals surface area (Å²) in [6.45, 7) is 5.98. The van der Waals surface area contributed by atoms with E-state index in [4.69, 9.17) is 5.73 Å². The third kappa shape index (κ3) is 4.56. The van der Waals surface area contributed by atoms with Crippen molar-refractivity contribution in [3.8, 4) is 11.1 Å². The van der Waals surface area contributed by atoms with Crippen LogP contribution in [-0.2, 0) is 0 Å². The molecule has 1 saturated heterocycles. The van der Waals surface area contributed by atoms with Crippen molar-refractivity contribution < 1.29 is 4.39 Å². The topological polar surface area (TPSA) is 44.5 Å². The number of aryl methyl sites for hydroxylation is 2. The fourth-order valence-corrected chi connectivity index (χ4v) is 4.19. The predicted molar refractivity (Wildman–Crippen MR) is 121 cm³/mol. The average Bonchev–Trinajstić information content (AvgIpc) is 2.69. The summed E-state index contributed by atoms with van der Waals surface area (Å²) in [6.07, 6.45) is 4.32. The van der Waals surface area contributed by atoms with E-state index in [9.17, 15) is 4.39 Å². The van der Waals surface area contributed by atoms with E-state index in [2.05, 4.69) is 48.3 Å². The molecule has 3 N–H and O–H groups in total. The van der Waals surface area contributed by atoms with Crippen LogP contribution < -0.4 is 16.0 Å². The minimum absolute atomic E-state index is 0.182. The molecule has 2 aromatic carbocycles. The van der Waals surface area contributed by atoms with E-state index in [1.165, 1.54) is 12.5 Å². The summed E-state index contributed by atoms with van der Waals surface area (Å²) in [4.78, 5) is 4.72. The van der Waals surface area contributed by atoms with Crippen LogP contribution in [0, 0.1) is 19.7 Å². The molecule has 1 aliphatic heterocycles. The van der Waals surface area contributed by atoms with Crippen molar-refractivity contribution in [3.05, 3.63) is 58.7 Å². The monoisotopic (exact) mass is 396 g/mol. The van der Waals surface area contributed by atoms with Crippen LogP contribution in [0.1, 0.15) is 29.5 Å². The Morgan fingerprint density at radius 2 is 2.00 bits per heavy atom. The molecule has 0 amide bonds. The second-order valence-corrected chi connectivity index (χ2v) is 8.21. The van der Waals surface area contributed by atoms with Crippen molar-refractivity contribution in [2.24, 2.45) is 5.73 Å². The average molecular weight is 397 g/mol. The van der Waals surface area contributed by atoms with Gasteiger partial charge in [0, 0.05) is 43.0 Å². The highest BCUT2D eigenvalue weighted by Crippen LogP contribution is 2.36. The largest absolute Gasteiger partial charge is 0.386 e. The predicted octanol–water partition coefficient (Wildman–Crippen LogP) is 4.12. The molecule has 156 valence electrons. The van der Waals surface area contributed by atoms with E-state index in [0.29, 0.717) is 17.4 Å². The van der Waals surface area contributed by atoms with Crippen LogP contribution >= 0.6 is 0 Å². The van der Waals surface area contributed by atoms with Crippen LogP contribution in [-0.4, -0.2) is 45.2 Å². The minimum atomic E-state index is -0.182. The number of benzene rings is 2. The molecule has 3 rings (SSSR count). The van der Waals surface area contributed by atoms with Crippen molar-refractivity contribution >= 4 is 11.8 Å². The van der Waals surface area contributed by atoms with E-state index >= 15 is 0 Å². The fourth-order valence-electron chi connectivity index (χ4n) is 4.19. The fraction of sp³-hybridized carbons (Fsp3) is 0.417. The maximum atomic E-state index is 14.7. The molecule has 0 aliphatic carbocycles. The molecule has 0 bridgehead atoms. The molecule has 1 aliphatic rings. The first-order valence-electron chi connectivity index (χ1n) is 10.3. The Morgan fingerprint density at radius 1 is 1.24 bits per heavy atom. The second kappa shape index (κ2) is 8.87. The van der Waals surface area contributed by atoms with Gasteiger partial charge in [0.1, 0.15) is 5.82 Å². The van der Waals surface area contributed by atoms with Gasteiger partial charge < -0.3 is 20.9 Å². The molecule has 0 unspecified atom stereocenters. The molecule has 1 heterocycles. The molecular formula is C24H33FN4. The van der Waals surface area contributed by atoms with Gasteiger partial charge in [-0.25, -0.2) is 4.39 Å². The minimum Gasteiger partial charge on any atom is -0.386 e. The Bertz CT molecular complexity index is 884. The van der Waals surface area contributed by atoms with Gasteiger partial charge in [-0.3, -0.25) is 0 Å². The number of likely N-dealkylation sites (N-methyl/N-ethyl adjacent to an activating group) is 1. The van der Waals surface area contributed by atoms with Gasteiger partial charge in [0.25, 0.3) is 0 Å². The van der Waals surface area contributed by atoms with Crippen molar-refractivity contribution in [1.29, 1.82) is 0 Å². The zero-order valence-electron chi connectivity index (χ0n) is 18.2. The highest BCUT2D eigenvalue weighted by Gasteiger charge is 2.24. The summed E-state index contributed by atoms with van der Waals surface area (Å²) in [5, 5.41) is 3.01. The maximum absolute atomic E-state index is 14.7. The number of nitrogens with one attached hydrogen (secondary N) is 1. The molecule has 0 radical (unpaired) electrons. The van der Waals surface area contributed by atoms with Crippen molar-refractivity contribution in [3.63, 3.8) is 0 Å². The van der Waals surface area contributed by atoms with Crippen LogP contribution in [0.5, 0.6) is 0 Å². The van der Waals surface area contributed by atoms with E-state index in [-0.39, 0.29) is 5.82 Å².